The molecule has 1 fully saturated rings. The van der Waals surface area contributed by atoms with Crippen LogP contribution < -0.4 is 4.74 Å². The number of halogens is 1. The number of benzene rings is 2. The predicted molar refractivity (Wildman–Crippen MR) is 135 cm³/mol. The molecule has 1 aliphatic heterocycles. The average Bonchev–Trinajstić information content (AvgIpc) is 3.51. The Morgan fingerprint density at radius 1 is 1.20 bits per heavy atom. The Balaban J connectivity index is 1.38. The number of hydrogen-bond acceptors (Lipinski definition) is 5. The van der Waals surface area contributed by atoms with Crippen molar-refractivity contribution < 1.29 is 13.9 Å². The molecule has 0 spiro atoms. The number of piperidine rings is 1. The van der Waals surface area contributed by atoms with Gasteiger partial charge in [-0.05, 0) is 56.0 Å². The van der Waals surface area contributed by atoms with Crippen LogP contribution in [0, 0.1) is 12.7 Å². The molecule has 0 aliphatic carbocycles. The molecular formula is C27H27FN4O2S. The number of nitrogens with zero attached hydrogens (tertiary/aromatic N) is 3. The smallest absolute Gasteiger partial charge is 0.274 e. The summed E-state index contributed by atoms with van der Waals surface area (Å²) in [6.07, 6.45) is 5.42. The molecule has 0 bridgehead atoms. The highest BCUT2D eigenvalue weighted by atomic mass is 32.1. The van der Waals surface area contributed by atoms with Crippen molar-refractivity contribution in [2.75, 3.05) is 13.7 Å². The van der Waals surface area contributed by atoms with Crippen LogP contribution in [0.5, 0.6) is 5.75 Å². The van der Waals surface area contributed by atoms with E-state index >= 15 is 0 Å². The van der Waals surface area contributed by atoms with Crippen LogP contribution in [-0.2, 0) is 6.42 Å². The normalized spacial score (nSPS) is 15.9. The first-order valence-corrected chi connectivity index (χ1v) is 12.6. The molecule has 1 saturated heterocycles. The second kappa shape index (κ2) is 10.00. The molecular weight excluding hydrogens is 463 g/mol. The Hall–Kier alpha value is -3.52. The minimum absolute atomic E-state index is 0.0311. The molecule has 4 aromatic rings. The highest BCUT2D eigenvalue weighted by molar-refractivity contribution is 7.15. The van der Waals surface area contributed by atoms with Crippen LogP contribution in [0.2, 0.25) is 0 Å². The van der Waals surface area contributed by atoms with E-state index in [0.29, 0.717) is 18.7 Å². The summed E-state index contributed by atoms with van der Waals surface area (Å²) < 4.78 is 18.8. The summed E-state index contributed by atoms with van der Waals surface area (Å²) in [6, 6.07) is 14.1. The van der Waals surface area contributed by atoms with Crippen LogP contribution in [0.15, 0.2) is 54.7 Å². The van der Waals surface area contributed by atoms with E-state index in [1.165, 1.54) is 23.5 Å². The molecule has 1 N–H and O–H groups in total. The van der Waals surface area contributed by atoms with Gasteiger partial charge in [-0.2, -0.15) is 0 Å². The number of ether oxygens (including phenoxy) is 1. The van der Waals surface area contributed by atoms with Crippen molar-refractivity contribution in [2.24, 2.45) is 0 Å². The van der Waals surface area contributed by atoms with Crippen molar-refractivity contribution in [3.05, 3.63) is 77.1 Å². The molecule has 1 unspecified atom stereocenters. The van der Waals surface area contributed by atoms with Gasteiger partial charge in [-0.3, -0.25) is 4.79 Å². The van der Waals surface area contributed by atoms with Gasteiger partial charge in [0, 0.05) is 24.6 Å². The summed E-state index contributed by atoms with van der Waals surface area (Å²) in [7, 11) is 1.65. The lowest BCUT2D eigenvalue weighted by molar-refractivity contribution is 0.0606. The maximum absolute atomic E-state index is 13.7. The highest BCUT2D eigenvalue weighted by Gasteiger charge is 2.31. The highest BCUT2D eigenvalue weighted by Crippen LogP contribution is 2.33. The van der Waals surface area contributed by atoms with Crippen molar-refractivity contribution in [1.29, 1.82) is 0 Å². The van der Waals surface area contributed by atoms with Crippen LogP contribution in [0.1, 0.15) is 40.6 Å². The van der Waals surface area contributed by atoms with Gasteiger partial charge in [-0.15, -0.1) is 11.3 Å². The molecule has 1 atom stereocenters. The molecule has 2 aromatic carbocycles. The maximum atomic E-state index is 13.7. The maximum Gasteiger partial charge on any atom is 0.274 e. The lowest BCUT2D eigenvalue weighted by Gasteiger charge is -2.35. The van der Waals surface area contributed by atoms with Gasteiger partial charge in [-0.25, -0.2) is 14.4 Å². The molecule has 5 rings (SSSR count). The molecule has 0 saturated carbocycles. The standard InChI is InChI=1S/C27H27FN4O2S/c1-17-30-25(26(35-17)18-9-11-20(28)12-10-18)27(33)32-13-4-3-7-21(32)15-24-29-16-23(31-24)19-6-5-8-22(14-19)34-2/h5-6,8-12,14,16,21H,3-4,7,13,15H2,1-2H3,(H,29,31). The molecule has 0 radical (unpaired) electrons. The van der Waals surface area contributed by atoms with E-state index in [2.05, 4.69) is 15.0 Å². The first kappa shape index (κ1) is 23.2. The molecule has 35 heavy (non-hydrogen) atoms. The number of carbonyl (C=O) groups is 1. The second-order valence-corrected chi connectivity index (χ2v) is 9.95. The quantitative estimate of drug-likeness (QED) is 0.366. The number of hydrogen-bond donors (Lipinski definition) is 1. The topological polar surface area (TPSA) is 71.1 Å². The number of aromatic amines is 1. The summed E-state index contributed by atoms with van der Waals surface area (Å²) in [5.74, 6) is 1.27. The largest absolute Gasteiger partial charge is 0.497 e. The summed E-state index contributed by atoms with van der Waals surface area (Å²) in [6.45, 7) is 2.58. The number of amides is 1. The van der Waals surface area contributed by atoms with Crippen LogP contribution in [0.4, 0.5) is 4.39 Å². The zero-order chi connectivity index (χ0) is 24.4. The summed E-state index contributed by atoms with van der Waals surface area (Å²) >= 11 is 1.46. The Labute approximate surface area is 207 Å². The fraction of sp³-hybridized carbons (Fsp3) is 0.296. The van der Waals surface area contributed by atoms with Gasteiger partial charge in [0.1, 0.15) is 23.1 Å². The minimum atomic E-state index is -0.300. The van der Waals surface area contributed by atoms with E-state index in [0.717, 1.165) is 57.5 Å². The Kier molecular flexibility index (Phi) is 6.63. The second-order valence-electron chi connectivity index (χ2n) is 8.75. The first-order chi connectivity index (χ1) is 17.0. The number of H-pyrrole nitrogens is 1. The number of rotatable bonds is 6. The third-order valence-electron chi connectivity index (χ3n) is 6.37. The molecule has 180 valence electrons. The van der Waals surface area contributed by atoms with E-state index in [1.54, 1.807) is 19.2 Å². The lowest BCUT2D eigenvalue weighted by Crippen LogP contribution is -2.45. The van der Waals surface area contributed by atoms with Crippen molar-refractivity contribution in [3.8, 4) is 27.4 Å². The fourth-order valence-corrected chi connectivity index (χ4v) is 5.53. The van der Waals surface area contributed by atoms with Gasteiger partial charge < -0.3 is 14.6 Å². The average molecular weight is 491 g/mol. The number of likely N-dealkylation sites (tertiary alicyclic amines) is 1. The number of aromatic nitrogens is 3. The monoisotopic (exact) mass is 490 g/mol. The fourth-order valence-electron chi connectivity index (χ4n) is 4.61. The van der Waals surface area contributed by atoms with Gasteiger partial charge in [-0.1, -0.05) is 24.3 Å². The zero-order valence-electron chi connectivity index (χ0n) is 19.8. The number of aryl methyl sites for hydroxylation is 1. The van der Waals surface area contributed by atoms with E-state index < -0.39 is 0 Å². The minimum Gasteiger partial charge on any atom is -0.497 e. The van der Waals surface area contributed by atoms with Gasteiger partial charge in [0.05, 0.1) is 28.9 Å². The lowest BCUT2D eigenvalue weighted by atomic mass is 9.98. The number of methoxy groups -OCH3 is 1. The summed E-state index contributed by atoms with van der Waals surface area (Å²) in [5, 5.41) is 0.815. The van der Waals surface area contributed by atoms with E-state index in [9.17, 15) is 9.18 Å². The van der Waals surface area contributed by atoms with Crippen molar-refractivity contribution in [2.45, 2.75) is 38.6 Å². The number of thiazole rings is 1. The van der Waals surface area contributed by atoms with Crippen LogP contribution in [-0.4, -0.2) is 45.5 Å². The van der Waals surface area contributed by atoms with Gasteiger partial charge in [0.25, 0.3) is 5.91 Å². The predicted octanol–water partition coefficient (Wildman–Crippen LogP) is 5.89. The Bertz CT molecular complexity index is 1330. The zero-order valence-corrected chi connectivity index (χ0v) is 20.6. The van der Waals surface area contributed by atoms with Gasteiger partial charge in [0.15, 0.2) is 0 Å². The van der Waals surface area contributed by atoms with Crippen LogP contribution in [0.25, 0.3) is 21.7 Å². The Morgan fingerprint density at radius 3 is 2.83 bits per heavy atom. The van der Waals surface area contributed by atoms with E-state index in [1.807, 2.05) is 42.3 Å². The van der Waals surface area contributed by atoms with Gasteiger partial charge in [0.2, 0.25) is 0 Å². The molecule has 8 heteroatoms. The van der Waals surface area contributed by atoms with E-state index in [4.69, 9.17) is 4.74 Å². The number of imidazole rings is 1. The molecule has 3 heterocycles. The molecule has 2 aromatic heterocycles. The van der Waals surface area contributed by atoms with Crippen LogP contribution >= 0.6 is 11.3 Å². The molecule has 1 aliphatic rings. The first-order valence-electron chi connectivity index (χ1n) is 11.7. The van der Waals surface area contributed by atoms with Gasteiger partial charge >= 0.3 is 0 Å². The molecule has 6 nitrogen and oxygen atoms in total. The van der Waals surface area contributed by atoms with Crippen molar-refractivity contribution >= 4 is 17.2 Å². The SMILES string of the molecule is COc1cccc(-c2cnc(CC3CCCCN3C(=O)c3nc(C)sc3-c3ccc(F)cc3)[nH]2)c1. The van der Waals surface area contributed by atoms with E-state index in [-0.39, 0.29) is 17.8 Å². The van der Waals surface area contributed by atoms with Crippen molar-refractivity contribution in [1.82, 2.24) is 19.9 Å². The van der Waals surface area contributed by atoms with Crippen molar-refractivity contribution in [3.63, 3.8) is 0 Å². The number of nitrogens with one attached hydrogen (secondary N) is 1. The number of carbonyl (C=O) groups excluding carboxylic acids is 1. The summed E-state index contributed by atoms with van der Waals surface area (Å²) in [4.78, 5) is 29.1. The molecule has 1 amide bonds. The summed E-state index contributed by atoms with van der Waals surface area (Å²) in [5.41, 5.74) is 3.17. The van der Waals surface area contributed by atoms with Crippen LogP contribution in [0.3, 0.4) is 0 Å². The Morgan fingerprint density at radius 2 is 2.03 bits per heavy atom. The third kappa shape index (κ3) is 4.98. The third-order valence-corrected chi connectivity index (χ3v) is 7.39.